The third kappa shape index (κ3) is 1.26. The van der Waals surface area contributed by atoms with E-state index in [1.165, 1.54) is 14.2 Å². The highest BCUT2D eigenvalue weighted by atomic mass is 16.9. The Morgan fingerprint density at radius 2 is 2.05 bits per heavy atom. The van der Waals surface area contributed by atoms with Gasteiger partial charge in [-0.1, -0.05) is 18.2 Å². The molecule has 4 rings (SSSR count). The number of hydrogen-bond acceptors (Lipinski definition) is 6. The number of rotatable bonds is 1. The summed E-state index contributed by atoms with van der Waals surface area (Å²) in [6, 6.07) is 6.20. The number of ether oxygens (including phenoxy) is 3. The molecule has 3 aliphatic rings. The van der Waals surface area contributed by atoms with E-state index in [1.54, 1.807) is 31.2 Å². The zero-order chi connectivity index (χ0) is 15.7. The monoisotopic (exact) mass is 302 g/mol. The maximum Gasteiger partial charge on any atom is 0.356 e. The Morgan fingerprint density at radius 3 is 2.77 bits per heavy atom. The molecular formula is C15H14N2O5. The van der Waals surface area contributed by atoms with Gasteiger partial charge >= 0.3 is 5.97 Å². The minimum Gasteiger partial charge on any atom is -0.424 e. The average Bonchev–Trinajstić information content (AvgIpc) is 2.79. The van der Waals surface area contributed by atoms with Gasteiger partial charge in [0.2, 0.25) is 5.60 Å². The fourth-order valence-electron chi connectivity index (χ4n) is 3.38. The first-order valence-corrected chi connectivity index (χ1v) is 6.87. The van der Waals surface area contributed by atoms with Crippen LogP contribution in [0.2, 0.25) is 0 Å². The van der Waals surface area contributed by atoms with E-state index in [2.05, 4.69) is 4.99 Å². The Morgan fingerprint density at radius 1 is 1.32 bits per heavy atom. The number of carbonyl (C=O) groups excluding carboxylic acids is 2. The van der Waals surface area contributed by atoms with Gasteiger partial charge in [0.1, 0.15) is 0 Å². The van der Waals surface area contributed by atoms with Gasteiger partial charge in [-0.2, -0.15) is 0 Å². The minimum atomic E-state index is -1.39. The van der Waals surface area contributed by atoms with Gasteiger partial charge in [-0.05, 0) is 6.07 Å². The van der Waals surface area contributed by atoms with Crippen LogP contribution in [0.4, 0.5) is 0 Å². The second-order valence-corrected chi connectivity index (χ2v) is 5.51. The Kier molecular flexibility index (Phi) is 2.40. The van der Waals surface area contributed by atoms with Crippen molar-refractivity contribution in [2.45, 2.75) is 24.5 Å². The van der Waals surface area contributed by atoms with E-state index in [1.807, 2.05) is 0 Å². The van der Waals surface area contributed by atoms with Gasteiger partial charge in [0.05, 0.1) is 0 Å². The van der Waals surface area contributed by atoms with Gasteiger partial charge in [0.25, 0.3) is 11.8 Å². The molecule has 3 heterocycles. The lowest BCUT2D eigenvalue weighted by Gasteiger charge is -2.55. The van der Waals surface area contributed by atoms with Crippen LogP contribution in [0.1, 0.15) is 22.8 Å². The number of methoxy groups -OCH3 is 1. The molecule has 0 aromatic heterocycles. The summed E-state index contributed by atoms with van der Waals surface area (Å²) in [5.74, 6) is -1.83. The number of aliphatic imine (C=N–C) groups is 1. The highest BCUT2D eigenvalue weighted by Crippen LogP contribution is 2.57. The Hall–Kier alpha value is -2.25. The van der Waals surface area contributed by atoms with E-state index in [-0.39, 0.29) is 5.91 Å². The molecule has 0 saturated carbocycles. The van der Waals surface area contributed by atoms with Gasteiger partial charge in [-0.25, -0.2) is 4.99 Å². The molecule has 3 aliphatic heterocycles. The largest absolute Gasteiger partial charge is 0.424 e. The number of fused-ring (bicyclic) bond motifs is 4. The molecule has 2 amide bonds. The summed E-state index contributed by atoms with van der Waals surface area (Å²) < 4.78 is 16.7. The normalized spacial score (nSPS) is 35.7. The number of hydrogen-bond donors (Lipinski definition) is 0. The second-order valence-electron chi connectivity index (χ2n) is 5.51. The lowest BCUT2D eigenvalue weighted by molar-refractivity contribution is -0.457. The molecule has 22 heavy (non-hydrogen) atoms. The van der Waals surface area contributed by atoms with Crippen molar-refractivity contribution >= 4 is 17.7 Å². The molecule has 1 spiro atoms. The van der Waals surface area contributed by atoms with E-state index < -0.39 is 23.5 Å². The SMILES string of the molecule is CO[C@]12OC(C)=N[C@H]1[C@]1(O2)C(=O)N(C)C(=O)c2ccccc21. The third-order valence-electron chi connectivity index (χ3n) is 4.39. The number of imide groups is 1. The summed E-state index contributed by atoms with van der Waals surface area (Å²) >= 11 is 0. The van der Waals surface area contributed by atoms with Crippen LogP contribution < -0.4 is 0 Å². The predicted octanol–water partition coefficient (Wildman–Crippen LogP) is 0.642. The van der Waals surface area contributed by atoms with Gasteiger partial charge in [0.15, 0.2) is 11.9 Å². The topological polar surface area (TPSA) is 77.4 Å². The fraction of sp³-hybridized carbons (Fsp3) is 0.400. The first kappa shape index (κ1) is 13.4. The summed E-state index contributed by atoms with van der Waals surface area (Å²) in [7, 11) is 2.87. The molecular weight excluding hydrogens is 288 g/mol. The van der Waals surface area contributed by atoms with Crippen molar-refractivity contribution in [1.82, 2.24) is 4.90 Å². The molecule has 1 saturated heterocycles. The molecule has 7 heteroatoms. The van der Waals surface area contributed by atoms with Crippen LogP contribution in [-0.2, 0) is 24.6 Å². The van der Waals surface area contributed by atoms with E-state index >= 15 is 0 Å². The molecule has 1 aromatic carbocycles. The summed E-state index contributed by atoms with van der Waals surface area (Å²) in [5, 5.41) is 0. The van der Waals surface area contributed by atoms with Crippen LogP contribution >= 0.6 is 0 Å². The van der Waals surface area contributed by atoms with Crippen molar-refractivity contribution in [2.75, 3.05) is 14.2 Å². The average molecular weight is 302 g/mol. The Balaban J connectivity index is 1.94. The quantitative estimate of drug-likeness (QED) is 0.712. The molecule has 1 aromatic rings. The first-order valence-electron chi connectivity index (χ1n) is 6.87. The standard InChI is InChI=1S/C15H14N2O5/c1-8-16-12-14(22-15(12,20-3)21-8)10-7-5-4-6-9(10)11(18)17(2)13(14)19/h4-7,12H,1-3H3/t12-,14-,15-/m0/s1. The maximum atomic E-state index is 12.8. The number of amides is 2. The zero-order valence-corrected chi connectivity index (χ0v) is 12.3. The summed E-state index contributed by atoms with van der Waals surface area (Å²) in [6.45, 7) is 1.67. The van der Waals surface area contributed by atoms with Crippen LogP contribution in [0, 0.1) is 0 Å². The second kappa shape index (κ2) is 3.93. The van der Waals surface area contributed by atoms with Crippen LogP contribution in [-0.4, -0.2) is 48.8 Å². The number of nitrogens with zero attached hydrogens (tertiary/aromatic N) is 2. The number of benzene rings is 1. The van der Waals surface area contributed by atoms with Crippen molar-refractivity contribution in [3.63, 3.8) is 0 Å². The Bertz CT molecular complexity index is 745. The highest BCUT2D eigenvalue weighted by Gasteiger charge is 2.78. The van der Waals surface area contributed by atoms with Crippen molar-refractivity contribution in [1.29, 1.82) is 0 Å². The van der Waals surface area contributed by atoms with Gasteiger partial charge < -0.3 is 9.47 Å². The van der Waals surface area contributed by atoms with Crippen molar-refractivity contribution in [3.8, 4) is 0 Å². The molecule has 0 radical (unpaired) electrons. The first-order chi connectivity index (χ1) is 10.5. The number of likely N-dealkylation sites (N-methyl/N-ethyl adjacent to an activating group) is 1. The van der Waals surface area contributed by atoms with Crippen molar-refractivity contribution in [2.24, 2.45) is 4.99 Å². The molecule has 0 aliphatic carbocycles. The van der Waals surface area contributed by atoms with Crippen LogP contribution in [0.15, 0.2) is 29.3 Å². The molecule has 0 bridgehead atoms. The fourth-order valence-corrected chi connectivity index (χ4v) is 3.38. The smallest absolute Gasteiger partial charge is 0.356 e. The van der Waals surface area contributed by atoms with E-state index in [4.69, 9.17) is 14.2 Å². The van der Waals surface area contributed by atoms with Crippen molar-refractivity contribution in [3.05, 3.63) is 35.4 Å². The molecule has 1 fully saturated rings. The van der Waals surface area contributed by atoms with E-state index in [9.17, 15) is 9.59 Å². The predicted molar refractivity (Wildman–Crippen MR) is 74.0 cm³/mol. The third-order valence-corrected chi connectivity index (χ3v) is 4.39. The zero-order valence-electron chi connectivity index (χ0n) is 12.3. The summed E-state index contributed by atoms with van der Waals surface area (Å²) in [4.78, 5) is 30.6. The maximum absolute atomic E-state index is 12.8. The van der Waals surface area contributed by atoms with E-state index in [0.29, 0.717) is 17.0 Å². The van der Waals surface area contributed by atoms with E-state index in [0.717, 1.165) is 4.90 Å². The lowest BCUT2D eigenvalue weighted by atomic mass is 9.74. The molecule has 114 valence electrons. The Labute approximate surface area is 126 Å². The van der Waals surface area contributed by atoms with Crippen LogP contribution in [0.25, 0.3) is 0 Å². The summed E-state index contributed by atoms with van der Waals surface area (Å²) in [6.07, 6.45) is 0. The van der Waals surface area contributed by atoms with Gasteiger partial charge in [0, 0.05) is 32.2 Å². The number of carbonyl (C=O) groups is 2. The van der Waals surface area contributed by atoms with Gasteiger partial charge in [-0.3, -0.25) is 19.2 Å². The molecule has 7 nitrogen and oxygen atoms in total. The molecule has 3 atom stereocenters. The van der Waals surface area contributed by atoms with Gasteiger partial charge in [-0.15, -0.1) is 0 Å². The van der Waals surface area contributed by atoms with Crippen molar-refractivity contribution < 1.29 is 23.8 Å². The molecule has 0 unspecified atom stereocenters. The summed E-state index contributed by atoms with van der Waals surface area (Å²) in [5.41, 5.74) is -0.454. The minimum absolute atomic E-state index is 0.357. The van der Waals surface area contributed by atoms with Crippen LogP contribution in [0.5, 0.6) is 0 Å². The lowest BCUT2D eigenvalue weighted by Crippen LogP contribution is -2.76. The molecule has 0 N–H and O–H groups in total. The highest BCUT2D eigenvalue weighted by molar-refractivity contribution is 6.13. The van der Waals surface area contributed by atoms with Crippen LogP contribution in [0.3, 0.4) is 0 Å².